The van der Waals surface area contributed by atoms with E-state index in [1.807, 2.05) is 0 Å². The van der Waals surface area contributed by atoms with E-state index in [1.54, 1.807) is 36.4 Å². The zero-order chi connectivity index (χ0) is 18.9. The lowest BCUT2D eigenvalue weighted by atomic mass is 10.2. The predicted molar refractivity (Wildman–Crippen MR) is 93.5 cm³/mol. The number of amides is 2. The summed E-state index contributed by atoms with van der Waals surface area (Å²) >= 11 is 0. The first-order chi connectivity index (χ1) is 12.5. The fourth-order valence-corrected chi connectivity index (χ4v) is 2.00. The largest absolute Gasteiger partial charge is 0.497 e. The van der Waals surface area contributed by atoms with Crippen molar-refractivity contribution in [1.82, 2.24) is 5.32 Å². The Morgan fingerprint density at radius 2 is 1.73 bits per heavy atom. The maximum atomic E-state index is 11.9. The highest BCUT2D eigenvalue weighted by atomic mass is 16.5. The first-order valence-corrected chi connectivity index (χ1v) is 7.64. The summed E-state index contributed by atoms with van der Waals surface area (Å²) in [5.41, 5.74) is 0.774. The molecule has 0 aliphatic rings. The van der Waals surface area contributed by atoms with Crippen LogP contribution in [-0.4, -0.2) is 43.2 Å². The molecule has 26 heavy (non-hydrogen) atoms. The Morgan fingerprint density at radius 1 is 1.04 bits per heavy atom. The summed E-state index contributed by atoms with van der Waals surface area (Å²) in [5.74, 6) is -0.870. The van der Waals surface area contributed by atoms with E-state index < -0.39 is 18.4 Å². The van der Waals surface area contributed by atoms with Crippen molar-refractivity contribution in [3.63, 3.8) is 0 Å². The van der Waals surface area contributed by atoms with Crippen molar-refractivity contribution in [2.45, 2.75) is 0 Å². The van der Waals surface area contributed by atoms with Gasteiger partial charge in [-0.25, -0.2) is 0 Å². The molecule has 0 atom stereocenters. The molecule has 0 fully saturated rings. The third kappa shape index (κ3) is 5.82. The summed E-state index contributed by atoms with van der Waals surface area (Å²) < 4.78 is 10.5. The molecular weight excluding hydrogens is 340 g/mol. The summed E-state index contributed by atoms with van der Waals surface area (Å²) in [4.78, 5) is 34.1. The van der Waals surface area contributed by atoms with Gasteiger partial charge < -0.3 is 25.2 Å². The topological polar surface area (TPSA) is 114 Å². The van der Waals surface area contributed by atoms with Gasteiger partial charge in [-0.3, -0.25) is 14.4 Å². The minimum absolute atomic E-state index is 0.186. The number of nitrogens with one attached hydrogen (secondary N) is 2. The molecule has 2 rings (SSSR count). The normalized spacial score (nSPS) is 9.88. The minimum Gasteiger partial charge on any atom is -0.497 e. The maximum Gasteiger partial charge on any atom is 0.322 e. The van der Waals surface area contributed by atoms with Crippen LogP contribution in [0.3, 0.4) is 0 Å². The number of ether oxygens (including phenoxy) is 2. The molecule has 0 radical (unpaired) electrons. The summed E-state index contributed by atoms with van der Waals surface area (Å²) in [6.45, 7) is -0.646. The van der Waals surface area contributed by atoms with Crippen molar-refractivity contribution in [3.8, 4) is 11.5 Å². The molecule has 0 saturated heterocycles. The highest BCUT2D eigenvalue weighted by Gasteiger charge is 2.08. The molecule has 2 amide bonds. The lowest BCUT2D eigenvalue weighted by Crippen LogP contribution is -2.29. The molecule has 0 unspecified atom stereocenters. The van der Waals surface area contributed by atoms with Gasteiger partial charge in [-0.1, -0.05) is 6.07 Å². The lowest BCUT2D eigenvalue weighted by molar-refractivity contribution is -0.135. The van der Waals surface area contributed by atoms with Crippen LogP contribution in [0.2, 0.25) is 0 Å². The second-order valence-electron chi connectivity index (χ2n) is 5.17. The first-order valence-electron chi connectivity index (χ1n) is 7.64. The minimum atomic E-state index is -1.13. The van der Waals surface area contributed by atoms with Crippen LogP contribution in [0.5, 0.6) is 11.5 Å². The van der Waals surface area contributed by atoms with Gasteiger partial charge in [0.15, 0.2) is 6.61 Å². The number of carbonyl (C=O) groups excluding carboxylic acids is 2. The van der Waals surface area contributed by atoms with Gasteiger partial charge in [0.1, 0.15) is 18.0 Å². The fourth-order valence-electron chi connectivity index (χ4n) is 2.00. The second kappa shape index (κ2) is 9.07. The molecular formula is C18H18N2O6. The summed E-state index contributed by atoms with van der Waals surface area (Å²) in [7, 11) is 1.54. The van der Waals surface area contributed by atoms with Crippen LogP contribution in [0.15, 0.2) is 48.5 Å². The number of hydrogen-bond acceptors (Lipinski definition) is 5. The summed E-state index contributed by atoms with van der Waals surface area (Å²) in [6.07, 6.45) is 0. The Labute approximate surface area is 149 Å². The van der Waals surface area contributed by atoms with Crippen molar-refractivity contribution in [1.29, 1.82) is 0 Å². The third-order valence-corrected chi connectivity index (χ3v) is 3.24. The van der Waals surface area contributed by atoms with E-state index in [0.717, 1.165) is 0 Å². The number of hydrogen-bond donors (Lipinski definition) is 3. The molecule has 0 spiro atoms. The molecule has 0 saturated carbocycles. The Morgan fingerprint density at radius 3 is 2.38 bits per heavy atom. The molecule has 136 valence electrons. The Hall–Kier alpha value is -3.55. The van der Waals surface area contributed by atoms with Gasteiger partial charge in [-0.15, -0.1) is 0 Å². The van der Waals surface area contributed by atoms with Gasteiger partial charge in [-0.05, 0) is 36.4 Å². The molecule has 0 bridgehead atoms. The van der Waals surface area contributed by atoms with Crippen LogP contribution in [-0.2, 0) is 9.59 Å². The average molecular weight is 358 g/mol. The Kier molecular flexibility index (Phi) is 6.55. The number of benzene rings is 2. The van der Waals surface area contributed by atoms with Gasteiger partial charge in [0.05, 0.1) is 7.11 Å². The van der Waals surface area contributed by atoms with Crippen molar-refractivity contribution in [2.24, 2.45) is 0 Å². The van der Waals surface area contributed by atoms with Gasteiger partial charge in [0.25, 0.3) is 11.8 Å². The van der Waals surface area contributed by atoms with Crippen molar-refractivity contribution >= 4 is 23.5 Å². The van der Waals surface area contributed by atoms with Crippen molar-refractivity contribution < 1.29 is 29.0 Å². The van der Waals surface area contributed by atoms with E-state index in [1.165, 1.54) is 19.2 Å². The van der Waals surface area contributed by atoms with Gasteiger partial charge in [0.2, 0.25) is 0 Å². The second-order valence-corrected chi connectivity index (χ2v) is 5.17. The zero-order valence-corrected chi connectivity index (χ0v) is 14.0. The molecule has 8 heteroatoms. The highest BCUT2D eigenvalue weighted by molar-refractivity contribution is 5.97. The number of methoxy groups -OCH3 is 1. The van der Waals surface area contributed by atoms with Crippen LogP contribution in [0.1, 0.15) is 10.4 Å². The van der Waals surface area contributed by atoms with Gasteiger partial charge >= 0.3 is 5.97 Å². The van der Waals surface area contributed by atoms with Gasteiger partial charge in [0, 0.05) is 17.3 Å². The predicted octanol–water partition coefficient (Wildman–Crippen LogP) is 1.53. The molecule has 2 aromatic rings. The first kappa shape index (κ1) is 18.8. The number of carboxylic acids is 1. The monoisotopic (exact) mass is 358 g/mol. The van der Waals surface area contributed by atoms with E-state index in [9.17, 15) is 14.4 Å². The average Bonchev–Trinajstić information content (AvgIpc) is 2.65. The number of anilines is 1. The van der Waals surface area contributed by atoms with Crippen LogP contribution < -0.4 is 20.1 Å². The maximum absolute atomic E-state index is 11.9. The summed E-state index contributed by atoms with van der Waals surface area (Å²) in [6, 6.07) is 12.9. The summed E-state index contributed by atoms with van der Waals surface area (Å²) in [5, 5.41) is 13.4. The quantitative estimate of drug-likeness (QED) is 0.659. The third-order valence-electron chi connectivity index (χ3n) is 3.24. The number of aliphatic carboxylic acids is 1. The van der Waals surface area contributed by atoms with Crippen LogP contribution >= 0.6 is 0 Å². The molecule has 0 heterocycles. The van der Waals surface area contributed by atoms with E-state index in [2.05, 4.69) is 10.6 Å². The fraction of sp³-hybridized carbons (Fsp3) is 0.167. The van der Waals surface area contributed by atoms with E-state index in [0.29, 0.717) is 17.2 Å². The van der Waals surface area contributed by atoms with Crippen molar-refractivity contribution in [2.75, 3.05) is 25.6 Å². The number of carboxylic acid groups (broad SMARTS) is 1. The van der Waals surface area contributed by atoms with E-state index in [4.69, 9.17) is 14.6 Å². The smallest absolute Gasteiger partial charge is 0.322 e. The molecule has 3 N–H and O–H groups in total. The van der Waals surface area contributed by atoms with Crippen molar-refractivity contribution in [3.05, 3.63) is 54.1 Å². The number of rotatable bonds is 8. The lowest BCUT2D eigenvalue weighted by Gasteiger charge is -2.09. The standard InChI is InChI=1S/C18H18N2O6/c1-25-14-3-2-4-15(9-14)26-11-16(21)20-13-7-5-12(6-8-13)18(24)19-10-17(22)23/h2-9H,10-11H2,1H3,(H,19,24)(H,20,21)(H,22,23). The van der Waals surface area contributed by atoms with Gasteiger partial charge in [-0.2, -0.15) is 0 Å². The molecule has 2 aromatic carbocycles. The molecule has 0 aliphatic heterocycles. The van der Waals surface area contributed by atoms with Crippen LogP contribution in [0, 0.1) is 0 Å². The van der Waals surface area contributed by atoms with E-state index in [-0.39, 0.29) is 18.1 Å². The Bertz CT molecular complexity index is 789. The Balaban J connectivity index is 1.84. The molecule has 8 nitrogen and oxygen atoms in total. The van der Waals surface area contributed by atoms with Crippen LogP contribution in [0.4, 0.5) is 5.69 Å². The van der Waals surface area contributed by atoms with E-state index >= 15 is 0 Å². The number of carbonyl (C=O) groups is 3. The zero-order valence-electron chi connectivity index (χ0n) is 14.0. The molecule has 0 aromatic heterocycles. The highest BCUT2D eigenvalue weighted by Crippen LogP contribution is 2.18. The SMILES string of the molecule is COc1cccc(OCC(=O)Nc2ccc(C(=O)NCC(=O)O)cc2)c1. The molecule has 0 aliphatic carbocycles. The van der Waals surface area contributed by atoms with Crippen LogP contribution in [0.25, 0.3) is 0 Å².